The number of rotatable bonds is 2. The van der Waals surface area contributed by atoms with Crippen molar-refractivity contribution in [2.45, 2.75) is 12.3 Å². The number of carbonyl (C=O) groups excluding carboxylic acids is 1. The summed E-state index contributed by atoms with van der Waals surface area (Å²) in [5.41, 5.74) is 1.35. The molecule has 5 rings (SSSR count). The normalized spacial score (nSPS) is 18.6. The molecule has 1 saturated heterocycles. The predicted octanol–water partition coefficient (Wildman–Crippen LogP) is 5.13. The fourth-order valence-electron chi connectivity index (χ4n) is 3.46. The van der Waals surface area contributed by atoms with E-state index in [2.05, 4.69) is 31.2 Å². The summed E-state index contributed by atoms with van der Waals surface area (Å²) in [6.45, 7) is 0. The molecule has 3 aromatic rings. The van der Waals surface area contributed by atoms with E-state index in [9.17, 15) is 18.0 Å². The molecule has 10 heteroatoms. The van der Waals surface area contributed by atoms with Gasteiger partial charge in [-0.15, -0.1) is 0 Å². The van der Waals surface area contributed by atoms with Gasteiger partial charge >= 0.3 is 12.2 Å². The Bertz CT molecular complexity index is 1220. The number of amides is 2. The number of anilines is 1. The summed E-state index contributed by atoms with van der Waals surface area (Å²) in [6.07, 6.45) is 0.757. The molecule has 30 heavy (non-hydrogen) atoms. The van der Waals surface area contributed by atoms with Crippen molar-refractivity contribution >= 4 is 38.7 Å². The number of alkyl halides is 3. The maximum atomic E-state index is 12.9. The van der Waals surface area contributed by atoms with Crippen LogP contribution in [0.5, 0.6) is 0 Å². The number of hydrazine groups is 1. The van der Waals surface area contributed by atoms with E-state index in [1.807, 2.05) is 12.2 Å². The van der Waals surface area contributed by atoms with Gasteiger partial charge in [-0.2, -0.15) is 13.2 Å². The van der Waals surface area contributed by atoms with E-state index in [0.717, 1.165) is 16.6 Å². The first-order chi connectivity index (χ1) is 14.3. The number of imidazole rings is 1. The number of carbonyl (C=O) groups is 1. The Kier molecular flexibility index (Phi) is 4.14. The van der Waals surface area contributed by atoms with Crippen LogP contribution in [-0.2, 0) is 6.18 Å². The highest BCUT2D eigenvalue weighted by molar-refractivity contribution is 9.11. The third-order valence-electron chi connectivity index (χ3n) is 4.90. The molecular weight excluding hydrogens is 463 g/mol. The average Bonchev–Trinajstić information content (AvgIpc) is 3.28. The number of H-pyrrole nitrogens is 1. The van der Waals surface area contributed by atoms with Crippen molar-refractivity contribution in [2.75, 3.05) is 5.01 Å². The van der Waals surface area contributed by atoms with Gasteiger partial charge in [-0.1, -0.05) is 15.9 Å². The smallest absolute Gasteiger partial charge is 0.338 e. The first-order valence-corrected chi connectivity index (χ1v) is 9.71. The third-order valence-corrected chi connectivity index (χ3v) is 5.60. The molecule has 1 unspecified atom stereocenters. The highest BCUT2D eigenvalue weighted by atomic mass is 79.9. The number of nitrogens with one attached hydrogen (secondary N) is 2. The molecule has 2 aromatic carbocycles. The maximum Gasteiger partial charge on any atom is 0.416 e. The molecule has 1 fully saturated rings. The van der Waals surface area contributed by atoms with E-state index in [-0.39, 0.29) is 12.2 Å². The van der Waals surface area contributed by atoms with E-state index >= 15 is 0 Å². The largest absolute Gasteiger partial charge is 0.416 e. The lowest BCUT2D eigenvalue weighted by Crippen LogP contribution is -2.39. The Hall–Kier alpha value is -3.27. The number of benzene rings is 2. The van der Waals surface area contributed by atoms with Crippen LogP contribution >= 0.6 is 15.9 Å². The number of hydrogen-bond donors (Lipinski definition) is 2. The molecule has 2 amide bonds. The van der Waals surface area contributed by atoms with Crippen molar-refractivity contribution < 1.29 is 18.0 Å². The minimum absolute atomic E-state index is 0.270. The van der Waals surface area contributed by atoms with Crippen LogP contribution in [0.4, 0.5) is 23.7 Å². The van der Waals surface area contributed by atoms with Crippen molar-refractivity contribution in [3.05, 3.63) is 70.9 Å². The summed E-state index contributed by atoms with van der Waals surface area (Å²) in [7, 11) is 0. The van der Waals surface area contributed by atoms with E-state index in [1.54, 1.807) is 35.5 Å². The molecule has 2 N–H and O–H groups in total. The monoisotopic (exact) mass is 475 g/mol. The molecule has 1 atom stereocenters. The minimum Gasteiger partial charge on any atom is -0.338 e. The summed E-state index contributed by atoms with van der Waals surface area (Å²) in [5, 5.41) is 6.14. The van der Waals surface area contributed by atoms with Crippen LogP contribution in [0.3, 0.4) is 0 Å². The number of fused-ring (bicyclic) bond motifs is 2. The quantitative estimate of drug-likeness (QED) is 0.540. The van der Waals surface area contributed by atoms with E-state index in [1.165, 1.54) is 11.1 Å². The molecule has 0 radical (unpaired) electrons. The molecule has 2 aliphatic rings. The number of halogens is 4. The molecule has 152 valence electrons. The predicted molar refractivity (Wildman–Crippen MR) is 109 cm³/mol. The number of aromatic amines is 1. The molecule has 0 saturated carbocycles. The van der Waals surface area contributed by atoms with Crippen LogP contribution in [0.1, 0.15) is 5.56 Å². The number of nitrogens with zero attached hydrogens (tertiary/aromatic N) is 3. The summed E-state index contributed by atoms with van der Waals surface area (Å²) in [4.78, 5) is 19.8. The van der Waals surface area contributed by atoms with E-state index in [4.69, 9.17) is 0 Å². The highest BCUT2D eigenvalue weighted by Gasteiger charge is 2.38. The number of aromatic nitrogens is 2. The van der Waals surface area contributed by atoms with Gasteiger partial charge in [-0.3, -0.25) is 5.01 Å². The topological polar surface area (TPSA) is 64.3 Å². The van der Waals surface area contributed by atoms with Gasteiger partial charge in [0.05, 0.1) is 22.3 Å². The maximum absolute atomic E-state index is 12.9. The Labute approximate surface area is 176 Å². The lowest BCUT2D eigenvalue weighted by Gasteiger charge is -2.30. The van der Waals surface area contributed by atoms with Crippen LogP contribution in [0.25, 0.3) is 22.4 Å². The summed E-state index contributed by atoms with van der Waals surface area (Å²) in [5.74, 6) is 0.447. The second-order valence-corrected chi connectivity index (χ2v) is 7.71. The second-order valence-electron chi connectivity index (χ2n) is 6.80. The highest BCUT2D eigenvalue weighted by Crippen LogP contribution is 2.33. The zero-order chi connectivity index (χ0) is 21.0. The second kappa shape index (κ2) is 6.63. The molecule has 3 heterocycles. The fraction of sp³-hybridized carbons (Fsp3) is 0.100. The zero-order valence-electron chi connectivity index (χ0n) is 15.1. The van der Waals surface area contributed by atoms with Crippen LogP contribution < -0.4 is 10.3 Å². The molecule has 0 bridgehead atoms. The zero-order valence-corrected chi connectivity index (χ0v) is 16.7. The summed E-state index contributed by atoms with van der Waals surface area (Å²) >= 11 is 3.44. The number of allylic oxidation sites excluding steroid dienone is 2. The van der Waals surface area contributed by atoms with Gasteiger partial charge in [-0.25, -0.2) is 14.8 Å². The summed E-state index contributed by atoms with van der Waals surface area (Å²) in [6, 6.07) is 10.2. The fourth-order valence-corrected chi connectivity index (χ4v) is 3.94. The molecule has 2 aliphatic heterocycles. The van der Waals surface area contributed by atoms with Crippen LogP contribution in [-0.4, -0.2) is 27.2 Å². The molecule has 0 aliphatic carbocycles. The van der Waals surface area contributed by atoms with Gasteiger partial charge in [0.1, 0.15) is 5.82 Å². The van der Waals surface area contributed by atoms with Crippen molar-refractivity contribution in [3.63, 3.8) is 0 Å². The Balaban J connectivity index is 1.45. The standard InChI is InChI=1S/C20H13BrF3N5O/c21-14-2-1-9-28-18(14)27-19(30)29(28)13-6-3-11(4-7-13)17-25-15-8-5-12(20(22,23)24)10-16(15)26-17/h1-10,18H,(H,25,26)(H,27,30). The SMILES string of the molecule is O=C1NC2C(Br)=CC=CN2N1c1ccc(-c2nc3ccc(C(F)(F)F)cc3[nH]2)cc1. The van der Waals surface area contributed by atoms with Crippen LogP contribution in [0, 0.1) is 0 Å². The van der Waals surface area contributed by atoms with Gasteiger partial charge in [0.2, 0.25) is 0 Å². The van der Waals surface area contributed by atoms with Gasteiger partial charge in [0.25, 0.3) is 0 Å². The van der Waals surface area contributed by atoms with Crippen molar-refractivity contribution in [1.29, 1.82) is 0 Å². The van der Waals surface area contributed by atoms with Crippen LogP contribution in [0.2, 0.25) is 0 Å². The Morgan fingerprint density at radius 2 is 1.87 bits per heavy atom. The van der Waals surface area contributed by atoms with E-state index < -0.39 is 11.7 Å². The first kappa shape index (κ1) is 18.7. The number of hydrogen-bond acceptors (Lipinski definition) is 3. The first-order valence-electron chi connectivity index (χ1n) is 8.91. The van der Waals surface area contributed by atoms with Crippen molar-refractivity contribution in [3.8, 4) is 11.4 Å². The Morgan fingerprint density at radius 1 is 1.10 bits per heavy atom. The van der Waals surface area contributed by atoms with Gasteiger partial charge < -0.3 is 10.3 Å². The summed E-state index contributed by atoms with van der Waals surface area (Å²) < 4.78 is 39.6. The number of urea groups is 1. The molecule has 1 aromatic heterocycles. The lowest BCUT2D eigenvalue weighted by molar-refractivity contribution is -0.137. The van der Waals surface area contributed by atoms with Crippen molar-refractivity contribution in [2.24, 2.45) is 0 Å². The van der Waals surface area contributed by atoms with Crippen LogP contribution in [0.15, 0.2) is 65.3 Å². The third kappa shape index (κ3) is 3.04. The van der Waals surface area contributed by atoms with E-state index in [0.29, 0.717) is 28.1 Å². The molecular formula is C20H13BrF3N5O. The average molecular weight is 476 g/mol. The molecule has 0 spiro atoms. The Morgan fingerprint density at radius 3 is 2.60 bits per heavy atom. The minimum atomic E-state index is -4.41. The van der Waals surface area contributed by atoms with Crippen molar-refractivity contribution in [1.82, 2.24) is 20.3 Å². The van der Waals surface area contributed by atoms with Gasteiger partial charge in [-0.05, 0) is 54.6 Å². The van der Waals surface area contributed by atoms with Gasteiger partial charge in [0.15, 0.2) is 6.17 Å². The van der Waals surface area contributed by atoms with Gasteiger partial charge in [0, 0.05) is 16.2 Å². The lowest BCUT2D eigenvalue weighted by atomic mass is 10.2. The molecule has 6 nitrogen and oxygen atoms in total.